The van der Waals surface area contributed by atoms with Crippen molar-refractivity contribution in [3.63, 3.8) is 0 Å². The van der Waals surface area contributed by atoms with Gasteiger partial charge in [-0.2, -0.15) is 4.39 Å². The number of hydrogen-bond acceptors (Lipinski definition) is 2. The van der Waals surface area contributed by atoms with Crippen molar-refractivity contribution in [3.8, 4) is 5.75 Å². The largest absolute Gasteiger partial charge is 0.504 e. The Morgan fingerprint density at radius 2 is 1.36 bits per heavy atom. The maximum absolute atomic E-state index is 12.6. The molecule has 0 unspecified atom stereocenters. The van der Waals surface area contributed by atoms with Crippen LogP contribution >= 0.6 is 0 Å². The van der Waals surface area contributed by atoms with Gasteiger partial charge < -0.3 is 10.2 Å². The number of hydrogen-bond donors (Lipinski definition) is 2. The van der Waals surface area contributed by atoms with E-state index in [1.807, 2.05) is 0 Å². The number of aromatic carboxylic acids is 1. The topological polar surface area (TPSA) is 57.5 Å². The monoisotopic (exact) mass is 210 g/mol. The van der Waals surface area contributed by atoms with Crippen molar-refractivity contribution in [1.82, 2.24) is 0 Å². The normalized spacial score (nSPS) is 10.3. The summed E-state index contributed by atoms with van der Waals surface area (Å²) in [6, 6.07) is 0. The predicted octanol–water partition coefficient (Wildman–Crippen LogP) is 1.65. The van der Waals surface area contributed by atoms with Crippen molar-refractivity contribution in [1.29, 1.82) is 0 Å². The van der Waals surface area contributed by atoms with E-state index in [9.17, 15) is 22.4 Å². The molecule has 0 saturated carbocycles. The summed E-state index contributed by atoms with van der Waals surface area (Å²) in [6.45, 7) is 0. The average molecular weight is 210 g/mol. The standard InChI is InChI=1S/C7H2F4O3/c8-2-1(7(13)14)6(12)5(11)4(10)3(2)9/h12H,(H,13,14). The Kier molecular flexibility index (Phi) is 2.33. The minimum absolute atomic E-state index is 1.64. The fourth-order valence-electron chi connectivity index (χ4n) is 0.815. The lowest BCUT2D eigenvalue weighted by atomic mass is 10.1. The van der Waals surface area contributed by atoms with Crippen molar-refractivity contribution < 1.29 is 32.6 Å². The molecule has 1 aromatic carbocycles. The average Bonchev–Trinajstić information content (AvgIpc) is 2.11. The highest BCUT2D eigenvalue weighted by atomic mass is 19.2. The first-order valence-electron chi connectivity index (χ1n) is 3.16. The van der Waals surface area contributed by atoms with Crippen LogP contribution in [0.5, 0.6) is 5.75 Å². The minimum Gasteiger partial charge on any atom is -0.504 e. The van der Waals surface area contributed by atoms with E-state index in [1.54, 1.807) is 0 Å². The van der Waals surface area contributed by atoms with E-state index in [-0.39, 0.29) is 0 Å². The van der Waals surface area contributed by atoms with Gasteiger partial charge in [-0.3, -0.25) is 0 Å². The van der Waals surface area contributed by atoms with E-state index in [0.717, 1.165) is 0 Å². The molecule has 2 N–H and O–H groups in total. The third-order valence-corrected chi connectivity index (χ3v) is 1.46. The fraction of sp³-hybridized carbons (Fsp3) is 0. The molecule has 1 rings (SSSR count). The van der Waals surface area contributed by atoms with Gasteiger partial charge in [0.15, 0.2) is 17.4 Å². The molecule has 3 nitrogen and oxygen atoms in total. The van der Waals surface area contributed by atoms with Gasteiger partial charge in [0.25, 0.3) is 0 Å². The summed E-state index contributed by atoms with van der Waals surface area (Å²) in [4.78, 5) is 10.2. The SMILES string of the molecule is O=C(O)c1c(O)c(F)c(F)c(F)c1F. The molecule has 0 fully saturated rings. The molecule has 0 aliphatic rings. The smallest absolute Gasteiger partial charge is 0.342 e. The van der Waals surface area contributed by atoms with E-state index in [1.165, 1.54) is 0 Å². The molecule has 7 heteroatoms. The van der Waals surface area contributed by atoms with Gasteiger partial charge in [0.2, 0.25) is 11.6 Å². The first kappa shape index (κ1) is 10.3. The van der Waals surface area contributed by atoms with Crippen LogP contribution in [0.25, 0.3) is 0 Å². The van der Waals surface area contributed by atoms with Crippen LogP contribution in [0.4, 0.5) is 17.6 Å². The first-order valence-corrected chi connectivity index (χ1v) is 3.16. The van der Waals surface area contributed by atoms with Crippen LogP contribution in [0.15, 0.2) is 0 Å². The summed E-state index contributed by atoms with van der Waals surface area (Å²) in [5.41, 5.74) is -1.64. The van der Waals surface area contributed by atoms with Crippen molar-refractivity contribution >= 4 is 5.97 Å². The number of benzene rings is 1. The number of carboxylic acid groups (broad SMARTS) is 1. The van der Waals surface area contributed by atoms with E-state index in [4.69, 9.17) is 10.2 Å². The molecular weight excluding hydrogens is 208 g/mol. The van der Waals surface area contributed by atoms with Crippen LogP contribution in [0.1, 0.15) is 10.4 Å². The van der Waals surface area contributed by atoms with Gasteiger partial charge in [-0.1, -0.05) is 0 Å². The van der Waals surface area contributed by atoms with Crippen molar-refractivity contribution in [3.05, 3.63) is 28.8 Å². The molecule has 0 bridgehead atoms. The van der Waals surface area contributed by atoms with Gasteiger partial charge in [-0.25, -0.2) is 18.0 Å². The Labute approximate surface area is 74.2 Å². The van der Waals surface area contributed by atoms with E-state index >= 15 is 0 Å². The van der Waals surface area contributed by atoms with Crippen LogP contribution < -0.4 is 0 Å². The lowest BCUT2D eigenvalue weighted by Gasteiger charge is -2.04. The summed E-state index contributed by atoms with van der Waals surface area (Å²) < 4.78 is 49.9. The third kappa shape index (κ3) is 1.26. The van der Waals surface area contributed by atoms with Crippen LogP contribution in [0.3, 0.4) is 0 Å². The van der Waals surface area contributed by atoms with Gasteiger partial charge in [0, 0.05) is 0 Å². The van der Waals surface area contributed by atoms with Crippen molar-refractivity contribution in [2.75, 3.05) is 0 Å². The lowest BCUT2D eigenvalue weighted by molar-refractivity contribution is 0.0685. The Bertz CT molecular complexity index is 387. The zero-order valence-electron chi connectivity index (χ0n) is 6.31. The molecule has 0 amide bonds. The first-order chi connectivity index (χ1) is 6.37. The molecule has 0 atom stereocenters. The van der Waals surface area contributed by atoms with E-state index in [0.29, 0.717) is 0 Å². The Morgan fingerprint density at radius 1 is 0.929 bits per heavy atom. The summed E-state index contributed by atoms with van der Waals surface area (Å²) in [6.07, 6.45) is 0. The number of carbonyl (C=O) groups is 1. The maximum atomic E-state index is 12.6. The summed E-state index contributed by atoms with van der Waals surface area (Å²) in [7, 11) is 0. The van der Waals surface area contributed by atoms with Crippen LogP contribution in [-0.2, 0) is 0 Å². The second-order valence-electron chi connectivity index (χ2n) is 2.28. The molecular formula is C7H2F4O3. The fourth-order valence-corrected chi connectivity index (χ4v) is 0.815. The van der Waals surface area contributed by atoms with Crippen LogP contribution in [0.2, 0.25) is 0 Å². The second kappa shape index (κ2) is 3.17. The van der Waals surface area contributed by atoms with Gasteiger partial charge >= 0.3 is 5.97 Å². The molecule has 1 aromatic rings. The molecule has 0 aliphatic carbocycles. The molecule has 0 heterocycles. The Morgan fingerprint density at radius 3 is 1.79 bits per heavy atom. The van der Waals surface area contributed by atoms with Crippen LogP contribution in [0, 0.1) is 23.3 Å². The number of rotatable bonds is 1. The third-order valence-electron chi connectivity index (χ3n) is 1.46. The number of aromatic hydroxyl groups is 1. The summed E-state index contributed by atoms with van der Waals surface area (Å²) in [5, 5.41) is 16.9. The summed E-state index contributed by atoms with van der Waals surface area (Å²) in [5.74, 6) is -12.7. The molecule has 76 valence electrons. The molecule has 0 radical (unpaired) electrons. The highest BCUT2D eigenvalue weighted by Gasteiger charge is 2.28. The molecule has 0 aromatic heterocycles. The molecule has 0 aliphatic heterocycles. The molecule has 14 heavy (non-hydrogen) atoms. The summed E-state index contributed by atoms with van der Waals surface area (Å²) >= 11 is 0. The number of halogens is 4. The van der Waals surface area contributed by atoms with Gasteiger partial charge in [-0.05, 0) is 0 Å². The van der Waals surface area contributed by atoms with E-state index < -0.39 is 40.6 Å². The number of carboxylic acids is 1. The van der Waals surface area contributed by atoms with Gasteiger partial charge in [-0.15, -0.1) is 0 Å². The minimum atomic E-state index is -2.28. The highest BCUT2D eigenvalue weighted by Crippen LogP contribution is 2.29. The number of phenols is 1. The molecule has 0 saturated heterocycles. The highest BCUT2D eigenvalue weighted by molar-refractivity contribution is 5.91. The zero-order valence-corrected chi connectivity index (χ0v) is 6.31. The zero-order chi connectivity index (χ0) is 11.0. The Balaban J connectivity index is 3.68. The maximum Gasteiger partial charge on any atom is 0.342 e. The van der Waals surface area contributed by atoms with Gasteiger partial charge in [0.05, 0.1) is 0 Å². The van der Waals surface area contributed by atoms with Crippen molar-refractivity contribution in [2.24, 2.45) is 0 Å². The van der Waals surface area contributed by atoms with Crippen LogP contribution in [-0.4, -0.2) is 16.2 Å². The Hall–Kier alpha value is -1.79. The van der Waals surface area contributed by atoms with Gasteiger partial charge in [0.1, 0.15) is 5.56 Å². The van der Waals surface area contributed by atoms with E-state index in [2.05, 4.69) is 0 Å². The lowest BCUT2D eigenvalue weighted by Crippen LogP contribution is -2.08. The quantitative estimate of drug-likeness (QED) is 0.421. The second-order valence-corrected chi connectivity index (χ2v) is 2.28. The van der Waals surface area contributed by atoms with Crippen molar-refractivity contribution in [2.45, 2.75) is 0 Å². The molecule has 0 spiro atoms. The predicted molar refractivity (Wildman–Crippen MR) is 34.9 cm³/mol.